The fourth-order valence-electron chi connectivity index (χ4n) is 1.68. The number of hydrogen-bond acceptors (Lipinski definition) is 1. The molecule has 0 bridgehead atoms. The van der Waals surface area contributed by atoms with Gasteiger partial charge >= 0.3 is 0 Å². The molecule has 0 fully saturated rings. The minimum atomic E-state index is 0.728. The number of aryl methyl sites for hydroxylation is 2. The maximum atomic E-state index is 5.71. The summed E-state index contributed by atoms with van der Waals surface area (Å²) in [6.07, 6.45) is 3.57. The Morgan fingerprint density at radius 1 is 1.38 bits per heavy atom. The number of thioether (sulfide) groups is 1. The van der Waals surface area contributed by atoms with Crippen LogP contribution < -0.4 is 0 Å². The van der Waals surface area contributed by atoms with Crippen LogP contribution in [0.3, 0.4) is 0 Å². The van der Waals surface area contributed by atoms with Crippen LogP contribution in [0, 0.1) is 0 Å². The minimum absolute atomic E-state index is 0.728. The summed E-state index contributed by atoms with van der Waals surface area (Å²) in [4.78, 5) is 1.48. The molecular formula is C11H13ClS. The van der Waals surface area contributed by atoms with E-state index in [0.717, 1.165) is 12.3 Å². The second kappa shape index (κ2) is 4.39. The highest BCUT2D eigenvalue weighted by Crippen LogP contribution is 2.30. The Hall–Kier alpha value is -0.140. The molecule has 0 aliphatic carbocycles. The first-order valence-corrected chi connectivity index (χ1v) is 6.23. The molecule has 1 aliphatic heterocycles. The predicted molar refractivity (Wildman–Crippen MR) is 59.9 cm³/mol. The Morgan fingerprint density at radius 3 is 3.15 bits per heavy atom. The van der Waals surface area contributed by atoms with Crippen molar-refractivity contribution in [2.45, 2.75) is 24.2 Å². The average molecular weight is 213 g/mol. The lowest BCUT2D eigenvalue weighted by atomic mass is 10.0. The highest BCUT2D eigenvalue weighted by molar-refractivity contribution is 7.99. The Labute approximate surface area is 88.7 Å². The molecule has 0 spiro atoms. The average Bonchev–Trinajstić information content (AvgIpc) is 2.18. The van der Waals surface area contributed by atoms with E-state index in [-0.39, 0.29) is 0 Å². The van der Waals surface area contributed by atoms with Crippen LogP contribution in [0.2, 0.25) is 0 Å². The number of rotatable bonds is 2. The third kappa shape index (κ3) is 2.21. The molecule has 0 saturated carbocycles. The quantitative estimate of drug-likeness (QED) is 0.677. The van der Waals surface area contributed by atoms with Gasteiger partial charge in [0, 0.05) is 10.8 Å². The maximum absolute atomic E-state index is 5.71. The molecule has 0 nitrogen and oxygen atoms in total. The standard InChI is InChI=1S/C11H13ClS/c12-6-5-9-3-4-11-10(8-9)2-1-7-13-11/h3-4,8H,1-2,5-7H2. The van der Waals surface area contributed by atoms with Crippen molar-refractivity contribution in [3.05, 3.63) is 29.3 Å². The summed E-state index contributed by atoms with van der Waals surface area (Å²) in [5.41, 5.74) is 2.91. The molecule has 2 rings (SSSR count). The van der Waals surface area contributed by atoms with E-state index in [4.69, 9.17) is 11.6 Å². The monoisotopic (exact) mass is 212 g/mol. The van der Waals surface area contributed by atoms with Gasteiger partial charge in [-0.15, -0.1) is 23.4 Å². The highest BCUT2D eigenvalue weighted by Gasteiger charge is 2.09. The normalized spacial score (nSPS) is 15.5. The van der Waals surface area contributed by atoms with E-state index in [2.05, 4.69) is 18.2 Å². The first kappa shape index (κ1) is 9.42. The van der Waals surface area contributed by atoms with Gasteiger partial charge in [-0.25, -0.2) is 0 Å². The third-order valence-electron chi connectivity index (χ3n) is 2.36. The van der Waals surface area contributed by atoms with E-state index in [1.807, 2.05) is 11.8 Å². The number of alkyl halides is 1. The van der Waals surface area contributed by atoms with Gasteiger partial charge in [-0.3, -0.25) is 0 Å². The molecule has 0 amide bonds. The molecule has 1 aromatic rings. The Morgan fingerprint density at radius 2 is 2.31 bits per heavy atom. The van der Waals surface area contributed by atoms with Crippen LogP contribution in [0.5, 0.6) is 0 Å². The van der Waals surface area contributed by atoms with Gasteiger partial charge in [0.25, 0.3) is 0 Å². The Balaban J connectivity index is 2.24. The van der Waals surface area contributed by atoms with Crippen LogP contribution in [-0.2, 0) is 12.8 Å². The van der Waals surface area contributed by atoms with Crippen LogP contribution in [0.15, 0.2) is 23.1 Å². The summed E-state index contributed by atoms with van der Waals surface area (Å²) in [7, 11) is 0. The highest BCUT2D eigenvalue weighted by atomic mass is 35.5. The first-order chi connectivity index (χ1) is 6.40. The SMILES string of the molecule is ClCCc1ccc2c(c1)CCCS2. The fraction of sp³-hybridized carbons (Fsp3) is 0.455. The second-order valence-corrected chi connectivity index (χ2v) is 4.85. The second-order valence-electron chi connectivity index (χ2n) is 3.33. The number of hydrogen-bond donors (Lipinski definition) is 0. The fourth-order valence-corrected chi connectivity index (χ4v) is 2.92. The lowest BCUT2D eigenvalue weighted by Crippen LogP contribution is -1.99. The van der Waals surface area contributed by atoms with Gasteiger partial charge in [-0.2, -0.15) is 0 Å². The molecular weight excluding hydrogens is 200 g/mol. The molecule has 2 heteroatoms. The smallest absolute Gasteiger partial charge is 0.0263 e. The molecule has 0 unspecified atom stereocenters. The number of benzene rings is 1. The lowest BCUT2D eigenvalue weighted by molar-refractivity contribution is 0.884. The molecule has 0 aromatic heterocycles. The molecule has 1 aromatic carbocycles. The van der Waals surface area contributed by atoms with Crippen molar-refractivity contribution in [2.75, 3.05) is 11.6 Å². The van der Waals surface area contributed by atoms with Crippen LogP contribution in [0.25, 0.3) is 0 Å². The Bertz CT molecular complexity index is 296. The molecule has 70 valence electrons. The van der Waals surface area contributed by atoms with Crippen molar-refractivity contribution in [3.63, 3.8) is 0 Å². The van der Waals surface area contributed by atoms with Crippen molar-refractivity contribution in [2.24, 2.45) is 0 Å². The zero-order valence-corrected chi connectivity index (χ0v) is 9.13. The first-order valence-electron chi connectivity index (χ1n) is 4.71. The molecule has 1 heterocycles. The van der Waals surface area contributed by atoms with Gasteiger partial charge in [0.15, 0.2) is 0 Å². The van der Waals surface area contributed by atoms with Crippen LogP contribution in [-0.4, -0.2) is 11.6 Å². The van der Waals surface area contributed by atoms with Crippen LogP contribution in [0.4, 0.5) is 0 Å². The zero-order chi connectivity index (χ0) is 9.10. The zero-order valence-electron chi connectivity index (χ0n) is 7.55. The van der Waals surface area contributed by atoms with Gasteiger partial charge in [0.1, 0.15) is 0 Å². The Kier molecular flexibility index (Phi) is 3.18. The largest absolute Gasteiger partial charge is 0.126 e. The molecule has 0 radical (unpaired) electrons. The van der Waals surface area contributed by atoms with Gasteiger partial charge in [0.2, 0.25) is 0 Å². The summed E-state index contributed by atoms with van der Waals surface area (Å²) >= 11 is 7.70. The van der Waals surface area contributed by atoms with E-state index in [9.17, 15) is 0 Å². The maximum Gasteiger partial charge on any atom is 0.0263 e. The molecule has 0 saturated heterocycles. The van der Waals surface area contributed by atoms with E-state index < -0.39 is 0 Å². The van der Waals surface area contributed by atoms with Crippen LogP contribution >= 0.6 is 23.4 Å². The van der Waals surface area contributed by atoms with E-state index >= 15 is 0 Å². The van der Waals surface area contributed by atoms with Gasteiger partial charge < -0.3 is 0 Å². The van der Waals surface area contributed by atoms with Crippen molar-refractivity contribution in [1.82, 2.24) is 0 Å². The van der Waals surface area contributed by atoms with E-state index in [0.29, 0.717) is 0 Å². The number of fused-ring (bicyclic) bond motifs is 1. The van der Waals surface area contributed by atoms with Crippen molar-refractivity contribution >= 4 is 23.4 Å². The number of halogens is 1. The summed E-state index contributed by atoms with van der Waals surface area (Å²) < 4.78 is 0. The van der Waals surface area contributed by atoms with Crippen LogP contribution in [0.1, 0.15) is 17.5 Å². The van der Waals surface area contributed by atoms with Crippen molar-refractivity contribution in [3.8, 4) is 0 Å². The third-order valence-corrected chi connectivity index (χ3v) is 3.75. The molecule has 13 heavy (non-hydrogen) atoms. The van der Waals surface area contributed by atoms with Crippen molar-refractivity contribution < 1.29 is 0 Å². The summed E-state index contributed by atoms with van der Waals surface area (Å²) in [6.45, 7) is 0. The summed E-state index contributed by atoms with van der Waals surface area (Å²) in [5.74, 6) is 2.01. The lowest BCUT2D eigenvalue weighted by Gasteiger charge is -2.15. The van der Waals surface area contributed by atoms with Gasteiger partial charge in [0.05, 0.1) is 0 Å². The summed E-state index contributed by atoms with van der Waals surface area (Å²) in [5, 5.41) is 0. The predicted octanol–water partition coefficient (Wildman–Crippen LogP) is 3.51. The van der Waals surface area contributed by atoms with Gasteiger partial charge in [-0.1, -0.05) is 12.1 Å². The van der Waals surface area contributed by atoms with E-state index in [1.54, 1.807) is 0 Å². The summed E-state index contributed by atoms with van der Waals surface area (Å²) in [6, 6.07) is 6.78. The topological polar surface area (TPSA) is 0 Å². The minimum Gasteiger partial charge on any atom is -0.126 e. The molecule has 0 atom stereocenters. The van der Waals surface area contributed by atoms with E-state index in [1.165, 1.54) is 34.6 Å². The van der Waals surface area contributed by atoms with Crippen molar-refractivity contribution in [1.29, 1.82) is 0 Å². The molecule has 0 N–H and O–H groups in total. The van der Waals surface area contributed by atoms with Gasteiger partial charge in [-0.05, 0) is 42.2 Å². The molecule has 1 aliphatic rings.